The Kier molecular flexibility index (Phi) is 7.79. The van der Waals surface area contributed by atoms with Gasteiger partial charge in [-0.3, -0.25) is 19.9 Å². The molecule has 0 aliphatic carbocycles. The predicted molar refractivity (Wildman–Crippen MR) is 151 cm³/mol. The van der Waals surface area contributed by atoms with Gasteiger partial charge in [0, 0.05) is 41.5 Å². The third-order valence-corrected chi connectivity index (χ3v) is 7.56. The summed E-state index contributed by atoms with van der Waals surface area (Å²) in [6, 6.07) is 14.5. The lowest BCUT2D eigenvalue weighted by Crippen LogP contribution is -2.38. The Hall–Kier alpha value is -5.04. The largest absolute Gasteiger partial charge is 0.465 e. The zero-order valence-corrected chi connectivity index (χ0v) is 22.4. The van der Waals surface area contributed by atoms with E-state index in [-0.39, 0.29) is 34.9 Å². The topological polar surface area (TPSA) is 135 Å². The van der Waals surface area contributed by atoms with Crippen molar-refractivity contribution >= 4 is 34.9 Å². The van der Waals surface area contributed by atoms with Crippen LogP contribution in [0.1, 0.15) is 55.5 Å². The van der Waals surface area contributed by atoms with Gasteiger partial charge in [0.15, 0.2) is 0 Å². The number of anilines is 2. The average Bonchev–Trinajstić information content (AvgIpc) is 2.95. The number of halogens is 1. The van der Waals surface area contributed by atoms with Crippen LogP contribution < -0.4 is 10.6 Å². The van der Waals surface area contributed by atoms with E-state index < -0.39 is 11.9 Å². The number of carbonyl (C=O) groups excluding carboxylic acids is 2. The lowest BCUT2D eigenvalue weighted by Gasteiger charge is -2.34. The van der Waals surface area contributed by atoms with Gasteiger partial charge in [-0.2, -0.15) is 5.26 Å². The first kappa shape index (κ1) is 27.5. The van der Waals surface area contributed by atoms with Crippen molar-refractivity contribution in [2.75, 3.05) is 17.2 Å². The molecular weight excluding hydrogens is 525 g/mol. The Labute approximate surface area is 236 Å². The van der Waals surface area contributed by atoms with Gasteiger partial charge < -0.3 is 15.3 Å². The molecule has 10 heteroatoms. The van der Waals surface area contributed by atoms with Crippen LogP contribution in [-0.4, -0.2) is 39.4 Å². The van der Waals surface area contributed by atoms with Crippen LogP contribution in [0.4, 0.5) is 20.6 Å². The summed E-state index contributed by atoms with van der Waals surface area (Å²) in [4.78, 5) is 44.1. The van der Waals surface area contributed by atoms with Crippen LogP contribution in [0.3, 0.4) is 0 Å². The maximum absolute atomic E-state index is 14.7. The molecule has 2 bridgehead atoms. The minimum absolute atomic E-state index is 0.162. The van der Waals surface area contributed by atoms with Gasteiger partial charge in [-0.1, -0.05) is 25.5 Å². The first-order valence-electron chi connectivity index (χ1n) is 13.4. The van der Waals surface area contributed by atoms with E-state index in [1.807, 2.05) is 19.1 Å². The number of amides is 3. The molecule has 0 spiro atoms. The Balaban J connectivity index is 1.53. The molecule has 0 radical (unpaired) electrons. The molecule has 3 aromatic rings. The van der Waals surface area contributed by atoms with Gasteiger partial charge in [-0.25, -0.2) is 9.18 Å². The fourth-order valence-electron chi connectivity index (χ4n) is 5.47. The fraction of sp³-hybridized carbons (Fsp3) is 0.258. The molecule has 0 saturated heterocycles. The highest BCUT2D eigenvalue weighted by Crippen LogP contribution is 2.37. The summed E-state index contributed by atoms with van der Waals surface area (Å²) in [6.45, 7) is 2.15. The summed E-state index contributed by atoms with van der Waals surface area (Å²) in [5.74, 6) is -1.35. The number of nitrogens with zero attached hydrogens (tertiary/aromatic N) is 3. The predicted octanol–water partition coefficient (Wildman–Crippen LogP) is 5.96. The van der Waals surface area contributed by atoms with Crippen molar-refractivity contribution in [1.29, 1.82) is 5.26 Å². The zero-order valence-electron chi connectivity index (χ0n) is 22.4. The molecule has 2 atom stereocenters. The van der Waals surface area contributed by atoms with Gasteiger partial charge in [0.25, 0.3) is 0 Å². The number of hydrogen-bond donors (Lipinski definition) is 3. The third-order valence-electron chi connectivity index (χ3n) is 7.56. The van der Waals surface area contributed by atoms with Crippen LogP contribution in [0.25, 0.3) is 16.7 Å². The van der Waals surface area contributed by atoms with Crippen molar-refractivity contribution in [2.24, 2.45) is 5.92 Å². The molecular formula is C31H28FN5O4. The number of rotatable bonds is 3. The highest BCUT2D eigenvalue weighted by molar-refractivity contribution is 5.99. The van der Waals surface area contributed by atoms with E-state index in [4.69, 9.17) is 5.11 Å². The Morgan fingerprint density at radius 1 is 1.20 bits per heavy atom. The van der Waals surface area contributed by atoms with Crippen LogP contribution in [0.15, 0.2) is 60.8 Å². The standard InChI is InChI=1S/C31H28FN5O4/c1-18-4-2-7-27(37-13-11-20(15-28(37)38)29-21(17-33)5-3-6-24(29)32)26-14-19(10-12-34-26)23-9-8-22(35-31(40)41)16-25(23)36-30(18)39/h3,5-6,8-10,12,14-16,18,27,35H,2,4,7,11,13H2,1H3,(H,36,39)(H,40,41)/t18-,27+/m1/s1. The lowest BCUT2D eigenvalue weighted by atomic mass is 9.91. The molecule has 2 aliphatic rings. The summed E-state index contributed by atoms with van der Waals surface area (Å²) in [6.07, 6.45) is 3.99. The second-order valence-electron chi connectivity index (χ2n) is 10.2. The second-order valence-corrected chi connectivity index (χ2v) is 10.2. The maximum Gasteiger partial charge on any atom is 0.409 e. The minimum atomic E-state index is -1.21. The Bertz CT molecular complexity index is 1610. The van der Waals surface area contributed by atoms with Crippen molar-refractivity contribution in [1.82, 2.24) is 9.88 Å². The van der Waals surface area contributed by atoms with E-state index in [9.17, 15) is 24.0 Å². The van der Waals surface area contributed by atoms with Crippen molar-refractivity contribution in [3.05, 3.63) is 83.4 Å². The van der Waals surface area contributed by atoms with E-state index in [0.29, 0.717) is 60.4 Å². The number of benzene rings is 2. The van der Waals surface area contributed by atoms with E-state index in [0.717, 1.165) is 5.56 Å². The van der Waals surface area contributed by atoms with Crippen molar-refractivity contribution < 1.29 is 23.9 Å². The number of carboxylic acid groups (broad SMARTS) is 1. The molecule has 3 heterocycles. The molecule has 0 saturated carbocycles. The summed E-state index contributed by atoms with van der Waals surface area (Å²) < 4.78 is 14.7. The number of aromatic nitrogens is 1. The zero-order chi connectivity index (χ0) is 29.1. The van der Waals surface area contributed by atoms with Gasteiger partial charge in [0.05, 0.1) is 29.1 Å². The second kappa shape index (κ2) is 11.6. The first-order valence-corrected chi connectivity index (χ1v) is 13.4. The third kappa shape index (κ3) is 5.79. The number of carbonyl (C=O) groups is 3. The first-order chi connectivity index (χ1) is 19.7. The van der Waals surface area contributed by atoms with E-state index in [1.54, 1.807) is 35.4 Å². The number of nitriles is 1. The lowest BCUT2D eigenvalue weighted by molar-refractivity contribution is -0.129. The van der Waals surface area contributed by atoms with Gasteiger partial charge in [-0.15, -0.1) is 0 Å². The molecule has 9 nitrogen and oxygen atoms in total. The average molecular weight is 554 g/mol. The fourth-order valence-corrected chi connectivity index (χ4v) is 5.47. The van der Waals surface area contributed by atoms with Gasteiger partial charge in [0.1, 0.15) is 5.82 Å². The molecule has 0 unspecified atom stereocenters. The van der Waals surface area contributed by atoms with Crippen LogP contribution in [-0.2, 0) is 9.59 Å². The smallest absolute Gasteiger partial charge is 0.409 e. The Morgan fingerprint density at radius 3 is 2.78 bits per heavy atom. The highest BCUT2D eigenvalue weighted by Gasteiger charge is 2.31. The van der Waals surface area contributed by atoms with Crippen molar-refractivity contribution in [3.63, 3.8) is 0 Å². The van der Waals surface area contributed by atoms with Gasteiger partial charge in [-0.05, 0) is 66.8 Å². The summed E-state index contributed by atoms with van der Waals surface area (Å²) >= 11 is 0. The Morgan fingerprint density at radius 2 is 2.02 bits per heavy atom. The van der Waals surface area contributed by atoms with Crippen LogP contribution >= 0.6 is 0 Å². The summed E-state index contributed by atoms with van der Waals surface area (Å²) in [5, 5.41) is 23.9. The molecule has 0 fully saturated rings. The van der Waals surface area contributed by atoms with Crippen LogP contribution in [0.5, 0.6) is 0 Å². The maximum atomic E-state index is 14.7. The summed E-state index contributed by atoms with van der Waals surface area (Å²) in [5.41, 5.74) is 3.72. The normalized spacial score (nSPS) is 19.0. The monoisotopic (exact) mass is 553 g/mol. The number of hydrogen-bond acceptors (Lipinski definition) is 5. The van der Waals surface area contributed by atoms with Gasteiger partial charge >= 0.3 is 6.09 Å². The van der Waals surface area contributed by atoms with Crippen LogP contribution in [0, 0.1) is 23.1 Å². The number of pyridine rings is 1. The molecule has 2 aliphatic heterocycles. The van der Waals surface area contributed by atoms with E-state index >= 15 is 0 Å². The van der Waals surface area contributed by atoms with E-state index in [2.05, 4.69) is 15.6 Å². The molecule has 3 amide bonds. The SMILES string of the molecule is C[C@@H]1CCC[C@H](N2CCC(c3c(F)cccc3C#N)=CC2=O)c2cc(ccn2)-c2ccc(NC(=O)O)cc2NC1=O. The van der Waals surface area contributed by atoms with Crippen LogP contribution in [0.2, 0.25) is 0 Å². The molecule has 1 aromatic heterocycles. The summed E-state index contributed by atoms with van der Waals surface area (Å²) in [7, 11) is 0. The molecule has 5 rings (SSSR count). The number of nitrogens with one attached hydrogen (secondary N) is 2. The van der Waals surface area contributed by atoms with Crippen molar-refractivity contribution in [3.8, 4) is 17.2 Å². The quantitative estimate of drug-likeness (QED) is 0.366. The van der Waals surface area contributed by atoms with Gasteiger partial charge in [0.2, 0.25) is 11.8 Å². The number of fused-ring (bicyclic) bond motifs is 4. The molecule has 2 aromatic carbocycles. The highest BCUT2D eigenvalue weighted by atomic mass is 19.1. The molecule has 3 N–H and O–H groups in total. The molecule has 41 heavy (non-hydrogen) atoms. The molecule has 208 valence electrons. The van der Waals surface area contributed by atoms with Crippen molar-refractivity contribution in [2.45, 2.75) is 38.6 Å². The minimum Gasteiger partial charge on any atom is -0.465 e. The van der Waals surface area contributed by atoms with E-state index in [1.165, 1.54) is 24.3 Å².